The van der Waals surface area contributed by atoms with Crippen molar-refractivity contribution in [1.29, 1.82) is 0 Å². The van der Waals surface area contributed by atoms with Crippen LogP contribution in [-0.2, 0) is 33.2 Å². The number of carbonyl (C=O) groups excluding carboxylic acids is 1. The van der Waals surface area contributed by atoms with Crippen LogP contribution in [0.5, 0.6) is 0 Å². The van der Waals surface area contributed by atoms with E-state index in [-0.39, 0.29) is 18.9 Å². The Morgan fingerprint density at radius 2 is 0.633 bits per heavy atom. The van der Waals surface area contributed by atoms with E-state index in [4.69, 9.17) is 28.4 Å². The Hall–Kier alpha value is -3.81. The van der Waals surface area contributed by atoms with Gasteiger partial charge in [-0.25, -0.2) is 0 Å². The van der Waals surface area contributed by atoms with Crippen LogP contribution in [0.3, 0.4) is 0 Å². The van der Waals surface area contributed by atoms with E-state index < -0.39 is 124 Å². The zero-order chi connectivity index (χ0) is 78.8. The van der Waals surface area contributed by atoms with Gasteiger partial charge in [0.1, 0.15) is 73.2 Å². The van der Waals surface area contributed by atoms with E-state index in [1.807, 2.05) is 6.08 Å². The Bertz CT molecular complexity index is 2440. The minimum atomic E-state index is -1.99. The molecule has 0 aromatic heterocycles. The lowest BCUT2D eigenvalue weighted by Gasteiger charge is -2.48. The van der Waals surface area contributed by atoms with Crippen molar-refractivity contribution in [1.82, 2.24) is 5.32 Å². The van der Waals surface area contributed by atoms with Crippen molar-refractivity contribution in [2.75, 3.05) is 26.4 Å². The zero-order valence-electron chi connectivity index (χ0n) is 67.5. The average Bonchev–Trinajstić information content (AvgIpc) is 0.782. The highest BCUT2D eigenvalue weighted by atomic mass is 16.8. The Balaban J connectivity index is 1.37. The quantitative estimate of drug-likeness (QED) is 0.0199. The predicted molar refractivity (Wildman–Crippen MR) is 438 cm³/mol. The molecule has 19 heteroatoms. The molecule has 3 rings (SSSR count). The van der Waals surface area contributed by atoms with Crippen molar-refractivity contribution in [3.05, 3.63) is 122 Å². The van der Waals surface area contributed by atoms with E-state index in [0.29, 0.717) is 6.42 Å². The van der Waals surface area contributed by atoms with Crippen molar-refractivity contribution in [3.63, 3.8) is 0 Å². The van der Waals surface area contributed by atoms with Gasteiger partial charge in [0, 0.05) is 6.42 Å². The van der Waals surface area contributed by atoms with Crippen molar-refractivity contribution < 1.29 is 89.4 Å². The van der Waals surface area contributed by atoms with Gasteiger partial charge in [0.25, 0.3) is 0 Å². The second-order valence-electron chi connectivity index (χ2n) is 30.3. The monoisotopic (exact) mass is 1540 g/mol. The number of hydrogen-bond donors (Lipinski definition) is 12. The van der Waals surface area contributed by atoms with Crippen LogP contribution >= 0.6 is 0 Å². The molecule has 1 amide bonds. The molecule has 0 aromatic rings. The number of carbonyl (C=O) groups is 1. The molecule has 0 bridgehead atoms. The molecule has 19 nitrogen and oxygen atoms in total. The molecule has 3 aliphatic heterocycles. The minimum absolute atomic E-state index is 0.213. The third-order valence-electron chi connectivity index (χ3n) is 20.8. The highest BCUT2D eigenvalue weighted by Crippen LogP contribution is 2.33. The van der Waals surface area contributed by atoms with Crippen LogP contribution in [0.2, 0.25) is 0 Å². The van der Waals surface area contributed by atoms with Crippen molar-refractivity contribution in [2.24, 2.45) is 0 Å². The van der Waals surface area contributed by atoms with E-state index in [1.54, 1.807) is 6.08 Å². The molecule has 3 saturated heterocycles. The summed E-state index contributed by atoms with van der Waals surface area (Å²) in [6, 6.07) is -0.996. The van der Waals surface area contributed by atoms with Gasteiger partial charge in [-0.15, -0.1) is 0 Å². The Morgan fingerprint density at radius 3 is 0.991 bits per heavy atom. The first-order chi connectivity index (χ1) is 53.3. The predicted octanol–water partition coefficient (Wildman–Crippen LogP) is 15.8. The molecular weight excluding hydrogens is 1380 g/mol. The maximum atomic E-state index is 13.5. The van der Waals surface area contributed by atoms with Gasteiger partial charge in [-0.1, -0.05) is 334 Å². The number of ether oxygens (including phenoxy) is 6. The molecular formula is C90H155NO18. The van der Waals surface area contributed by atoms with Crippen LogP contribution < -0.4 is 5.32 Å². The van der Waals surface area contributed by atoms with Crippen LogP contribution in [-0.4, -0.2) is 193 Å². The lowest BCUT2D eigenvalue weighted by atomic mass is 9.96. The number of hydrogen-bond acceptors (Lipinski definition) is 18. The highest BCUT2D eigenvalue weighted by Gasteiger charge is 2.54. The van der Waals surface area contributed by atoms with Gasteiger partial charge in [-0.2, -0.15) is 0 Å². The molecule has 3 fully saturated rings. The van der Waals surface area contributed by atoms with E-state index in [1.165, 1.54) is 167 Å². The number of amides is 1. The number of unbranched alkanes of at least 4 members (excludes halogenated alkanes) is 34. The molecule has 0 spiro atoms. The van der Waals surface area contributed by atoms with Crippen LogP contribution in [0.25, 0.3) is 0 Å². The molecule has 3 aliphatic rings. The summed E-state index contributed by atoms with van der Waals surface area (Å²) < 4.78 is 34.5. The fraction of sp³-hybridized carbons (Fsp3) is 0.767. The summed E-state index contributed by atoms with van der Waals surface area (Å²) in [5.74, 6) is -0.296. The SMILES string of the molecule is CC/C=C\C/C=C\C/C=C\C/C=C\C/C=C\C/C=C\C/C=C\C/C=C\C/C=C\CCCCCCCC(=O)NC(COC1OC(CO)C(OC2OC(CO)C(OC3OC(CO)C(O)C(O)C3O)C(O)C2O)C(O)C1O)C(O)/C=C/CCCCCCCCCCCCCCCCCCCCCCCCCCCCCCC. The zero-order valence-corrected chi connectivity index (χ0v) is 67.5. The second-order valence-corrected chi connectivity index (χ2v) is 30.3. The Labute approximate surface area is 658 Å². The van der Waals surface area contributed by atoms with E-state index in [0.717, 1.165) is 116 Å². The molecule has 109 heavy (non-hydrogen) atoms. The number of nitrogens with one attached hydrogen (secondary N) is 1. The summed E-state index contributed by atoms with van der Waals surface area (Å²) in [6.07, 6.45) is 70.4. The largest absolute Gasteiger partial charge is 0.394 e. The maximum absolute atomic E-state index is 13.5. The molecule has 0 saturated carbocycles. The van der Waals surface area contributed by atoms with Crippen LogP contribution in [0.1, 0.15) is 309 Å². The summed E-state index contributed by atoms with van der Waals surface area (Å²) in [4.78, 5) is 13.5. The fourth-order valence-corrected chi connectivity index (χ4v) is 13.9. The highest BCUT2D eigenvalue weighted by molar-refractivity contribution is 5.76. The first-order valence-electron chi connectivity index (χ1n) is 43.3. The van der Waals surface area contributed by atoms with Crippen molar-refractivity contribution in [2.45, 2.75) is 413 Å². The fourth-order valence-electron chi connectivity index (χ4n) is 13.9. The van der Waals surface area contributed by atoms with E-state index in [9.17, 15) is 61.0 Å². The third kappa shape index (κ3) is 47.6. The Morgan fingerprint density at radius 1 is 0.339 bits per heavy atom. The van der Waals surface area contributed by atoms with Crippen molar-refractivity contribution >= 4 is 5.91 Å². The number of aliphatic hydroxyl groups is 11. The lowest BCUT2D eigenvalue weighted by molar-refractivity contribution is -0.379. The average molecular weight is 1540 g/mol. The van der Waals surface area contributed by atoms with Gasteiger partial charge in [-0.05, 0) is 89.9 Å². The topological polar surface area (TPSA) is 307 Å². The molecule has 3 heterocycles. The summed E-state index contributed by atoms with van der Waals surface area (Å²) in [5, 5.41) is 121. The van der Waals surface area contributed by atoms with Gasteiger partial charge in [0.05, 0.1) is 38.6 Å². The molecule has 17 unspecified atom stereocenters. The Kier molecular flexibility index (Phi) is 62.5. The van der Waals surface area contributed by atoms with Gasteiger partial charge in [-0.3, -0.25) is 4.79 Å². The van der Waals surface area contributed by atoms with Crippen LogP contribution in [0.4, 0.5) is 0 Å². The first-order valence-corrected chi connectivity index (χ1v) is 43.3. The number of aliphatic hydroxyl groups excluding tert-OH is 11. The van der Waals surface area contributed by atoms with Crippen molar-refractivity contribution in [3.8, 4) is 0 Å². The number of allylic oxidation sites excluding steroid dienone is 19. The molecule has 628 valence electrons. The molecule has 0 aliphatic carbocycles. The van der Waals surface area contributed by atoms with Gasteiger partial charge < -0.3 is 89.9 Å². The summed E-state index contributed by atoms with van der Waals surface area (Å²) in [7, 11) is 0. The summed E-state index contributed by atoms with van der Waals surface area (Å²) in [5.41, 5.74) is 0. The second kappa shape index (κ2) is 68.6. The van der Waals surface area contributed by atoms with Gasteiger partial charge in [0.2, 0.25) is 5.91 Å². The summed E-state index contributed by atoms with van der Waals surface area (Å²) in [6.45, 7) is 1.63. The first kappa shape index (κ1) is 99.4. The normalized spacial score (nSPS) is 25.9. The maximum Gasteiger partial charge on any atom is 0.220 e. The lowest BCUT2D eigenvalue weighted by Crippen LogP contribution is -2.66. The summed E-state index contributed by atoms with van der Waals surface area (Å²) >= 11 is 0. The molecule has 17 atom stereocenters. The minimum Gasteiger partial charge on any atom is -0.394 e. The van der Waals surface area contributed by atoms with Crippen LogP contribution in [0.15, 0.2) is 122 Å². The van der Waals surface area contributed by atoms with E-state index >= 15 is 0 Å². The molecule has 0 aromatic carbocycles. The smallest absolute Gasteiger partial charge is 0.220 e. The molecule has 12 N–H and O–H groups in total. The molecule has 0 radical (unpaired) electrons. The van der Waals surface area contributed by atoms with Gasteiger partial charge in [0.15, 0.2) is 18.9 Å². The van der Waals surface area contributed by atoms with E-state index in [2.05, 4.69) is 129 Å². The van der Waals surface area contributed by atoms with Gasteiger partial charge >= 0.3 is 0 Å². The van der Waals surface area contributed by atoms with Crippen LogP contribution in [0, 0.1) is 0 Å². The standard InChI is InChI=1S/C90H155NO18/c1-3-5-7-9-11-13-15-17-19-21-23-25-27-29-31-33-35-36-38-40-42-44-46-48-50-52-54-56-58-60-62-64-66-68-78(96)91-73(74(95)67-65-63-61-59-57-55-53-51-49-47-45-43-41-39-37-34-32-30-28-26-24-22-20-18-16-14-12-10-8-6-4-2)72-104-88-84(102)81(99)86(76(70-93)106-88)109-90-85(103)82(100)87(77(71-94)107-90)108-89-83(101)80(98)79(97)75(69-92)105-89/h5,7,11,13,17,19,23,25,29,31,35-36,40,42,46,48,52,54,65,67,73-77,79-90,92-95,97-103H,3-4,6,8-10,12,14-16,18,20-22,24,26-28,30,32-34,37-39,41,43-45,47,49-51,53,55-64,66,68-72H2,1-2H3,(H,91,96)/b7-5-,13-11-,19-17-,25-23-,31-29-,36-35-,42-40-,48-46-,54-52-,67-65+. The third-order valence-corrected chi connectivity index (χ3v) is 20.8. The number of rotatable bonds is 68.